The lowest BCUT2D eigenvalue weighted by molar-refractivity contribution is -0.140. The summed E-state index contributed by atoms with van der Waals surface area (Å²) in [6, 6.07) is -1.29. The van der Waals surface area contributed by atoms with Gasteiger partial charge in [0.2, 0.25) is 6.40 Å². The Morgan fingerprint density at radius 1 is 1.69 bits per heavy atom. The SMILES string of the molecule is NC(CC(=O)/N=C\ONO)C(=O)O. The molecule has 1 unspecified atom stereocenters. The Labute approximate surface area is 72.9 Å². The monoisotopic (exact) mass is 191 g/mol. The molecule has 8 heteroatoms. The van der Waals surface area contributed by atoms with Gasteiger partial charge in [0, 0.05) is 0 Å². The predicted molar refractivity (Wildman–Crippen MR) is 39.7 cm³/mol. The highest BCUT2D eigenvalue weighted by molar-refractivity contribution is 5.87. The minimum Gasteiger partial charge on any atom is -0.480 e. The second-order valence-electron chi connectivity index (χ2n) is 1.99. The van der Waals surface area contributed by atoms with Crippen LogP contribution in [0.5, 0.6) is 0 Å². The highest BCUT2D eigenvalue weighted by Gasteiger charge is 2.15. The highest BCUT2D eigenvalue weighted by atomic mass is 16.8. The van der Waals surface area contributed by atoms with E-state index in [0.29, 0.717) is 6.40 Å². The minimum absolute atomic E-state index is 0.430. The first-order valence-corrected chi connectivity index (χ1v) is 3.16. The Morgan fingerprint density at radius 2 is 2.31 bits per heavy atom. The number of hydrogen-bond acceptors (Lipinski definition) is 6. The van der Waals surface area contributed by atoms with Gasteiger partial charge in [0.25, 0.3) is 5.91 Å². The molecule has 0 saturated heterocycles. The topological polar surface area (TPSA) is 134 Å². The summed E-state index contributed by atoms with van der Waals surface area (Å²) in [5, 5.41) is 16.1. The summed E-state index contributed by atoms with van der Waals surface area (Å²) in [5.74, 6) is -2.05. The van der Waals surface area contributed by atoms with Gasteiger partial charge in [0.05, 0.1) is 6.42 Å². The number of carboxylic acid groups (broad SMARTS) is 1. The molecule has 0 aliphatic heterocycles. The van der Waals surface area contributed by atoms with Crippen molar-refractivity contribution in [2.45, 2.75) is 12.5 Å². The third kappa shape index (κ3) is 5.73. The van der Waals surface area contributed by atoms with Gasteiger partial charge in [-0.2, -0.15) is 4.99 Å². The van der Waals surface area contributed by atoms with Crippen LogP contribution in [-0.4, -0.2) is 34.6 Å². The average Bonchev–Trinajstić information content (AvgIpc) is 2.04. The van der Waals surface area contributed by atoms with Gasteiger partial charge in [-0.05, 0) is 5.64 Å². The van der Waals surface area contributed by atoms with Gasteiger partial charge in [-0.1, -0.05) is 0 Å². The number of carboxylic acids is 1. The number of aliphatic imine (C=N–C) groups is 1. The van der Waals surface area contributed by atoms with Crippen molar-refractivity contribution < 1.29 is 24.7 Å². The Bertz CT molecular complexity index is 216. The minimum atomic E-state index is -1.29. The number of nitrogens with one attached hydrogen (secondary N) is 1. The molecule has 0 fully saturated rings. The van der Waals surface area contributed by atoms with Gasteiger partial charge >= 0.3 is 5.97 Å². The molecule has 5 N–H and O–H groups in total. The molecule has 0 rings (SSSR count). The molecular weight excluding hydrogens is 182 g/mol. The summed E-state index contributed by atoms with van der Waals surface area (Å²) in [6.07, 6.45) is 0.192. The zero-order chi connectivity index (χ0) is 10.3. The second-order valence-corrected chi connectivity index (χ2v) is 1.99. The van der Waals surface area contributed by atoms with Crippen LogP contribution >= 0.6 is 0 Å². The molecule has 0 aromatic rings. The summed E-state index contributed by atoms with van der Waals surface area (Å²) in [7, 11) is 0. The molecule has 0 spiro atoms. The second kappa shape index (κ2) is 6.06. The van der Waals surface area contributed by atoms with Crippen molar-refractivity contribution in [2.24, 2.45) is 10.7 Å². The first-order valence-electron chi connectivity index (χ1n) is 3.16. The van der Waals surface area contributed by atoms with E-state index in [4.69, 9.17) is 16.0 Å². The maximum Gasteiger partial charge on any atom is 0.321 e. The molecule has 0 radical (unpaired) electrons. The lowest BCUT2D eigenvalue weighted by Gasteiger charge is -2.00. The average molecular weight is 191 g/mol. The molecule has 8 nitrogen and oxygen atoms in total. The Hall–Kier alpha value is -1.51. The summed E-state index contributed by atoms with van der Waals surface area (Å²) in [6.45, 7) is 0. The number of nitrogens with zero attached hydrogens (tertiary/aromatic N) is 1. The van der Waals surface area contributed by atoms with Gasteiger partial charge in [0.1, 0.15) is 6.04 Å². The van der Waals surface area contributed by atoms with Crippen molar-refractivity contribution in [3.8, 4) is 0 Å². The molecule has 74 valence electrons. The zero-order valence-electron chi connectivity index (χ0n) is 6.51. The Kier molecular flexibility index (Phi) is 5.35. The summed E-state index contributed by atoms with van der Waals surface area (Å²) >= 11 is 0. The first-order chi connectivity index (χ1) is 6.07. The molecule has 0 heterocycles. The Morgan fingerprint density at radius 3 is 2.77 bits per heavy atom. The molecule has 0 bridgehead atoms. The molecule has 0 saturated carbocycles. The molecule has 0 aliphatic carbocycles. The molecule has 1 atom stereocenters. The lowest BCUT2D eigenvalue weighted by Crippen LogP contribution is -2.32. The van der Waals surface area contributed by atoms with E-state index in [1.165, 1.54) is 5.64 Å². The fourth-order valence-electron chi connectivity index (χ4n) is 0.437. The van der Waals surface area contributed by atoms with Crippen molar-refractivity contribution in [2.75, 3.05) is 0 Å². The summed E-state index contributed by atoms with van der Waals surface area (Å²) < 4.78 is 0. The fraction of sp³-hybridized carbons (Fsp3) is 0.400. The smallest absolute Gasteiger partial charge is 0.321 e. The van der Waals surface area contributed by atoms with E-state index in [1.807, 2.05) is 0 Å². The highest BCUT2D eigenvalue weighted by Crippen LogP contribution is 1.90. The van der Waals surface area contributed by atoms with Gasteiger partial charge in [-0.3, -0.25) is 14.8 Å². The van der Waals surface area contributed by atoms with E-state index in [1.54, 1.807) is 0 Å². The number of amides is 1. The molecule has 13 heavy (non-hydrogen) atoms. The number of carbonyl (C=O) groups is 2. The van der Waals surface area contributed by atoms with Crippen molar-refractivity contribution in [3.63, 3.8) is 0 Å². The van der Waals surface area contributed by atoms with E-state index in [0.717, 1.165) is 0 Å². The largest absolute Gasteiger partial charge is 0.480 e. The number of carbonyl (C=O) groups excluding carboxylic acids is 1. The quantitative estimate of drug-likeness (QED) is 0.230. The molecular formula is C5H9N3O5. The van der Waals surface area contributed by atoms with Crippen LogP contribution in [-0.2, 0) is 14.4 Å². The molecule has 1 amide bonds. The Balaban J connectivity index is 3.80. The van der Waals surface area contributed by atoms with E-state index in [-0.39, 0.29) is 0 Å². The van der Waals surface area contributed by atoms with Crippen LogP contribution in [0.1, 0.15) is 6.42 Å². The lowest BCUT2D eigenvalue weighted by atomic mass is 10.2. The van der Waals surface area contributed by atoms with Gasteiger partial charge in [-0.15, -0.1) is 0 Å². The van der Waals surface area contributed by atoms with Gasteiger partial charge < -0.3 is 15.7 Å². The van der Waals surface area contributed by atoms with Crippen molar-refractivity contribution in [1.29, 1.82) is 0 Å². The normalized spacial score (nSPS) is 12.8. The van der Waals surface area contributed by atoms with Gasteiger partial charge in [-0.25, -0.2) is 0 Å². The number of nitrogens with two attached hydrogens (primary N) is 1. The van der Waals surface area contributed by atoms with Crippen LogP contribution < -0.4 is 11.4 Å². The van der Waals surface area contributed by atoms with Crippen LogP contribution in [0.15, 0.2) is 4.99 Å². The van der Waals surface area contributed by atoms with E-state index < -0.39 is 24.3 Å². The number of rotatable bonds is 5. The third-order valence-electron chi connectivity index (χ3n) is 1.01. The zero-order valence-corrected chi connectivity index (χ0v) is 6.51. The maximum absolute atomic E-state index is 10.7. The first kappa shape index (κ1) is 11.5. The fourth-order valence-corrected chi connectivity index (χ4v) is 0.437. The van der Waals surface area contributed by atoms with Crippen LogP contribution in [0.25, 0.3) is 0 Å². The van der Waals surface area contributed by atoms with Crippen LogP contribution in [0, 0.1) is 0 Å². The van der Waals surface area contributed by atoms with E-state index >= 15 is 0 Å². The summed E-state index contributed by atoms with van der Waals surface area (Å²) in [4.78, 5) is 27.9. The van der Waals surface area contributed by atoms with E-state index in [2.05, 4.69) is 9.83 Å². The van der Waals surface area contributed by atoms with Crippen LogP contribution in [0.4, 0.5) is 0 Å². The van der Waals surface area contributed by atoms with Crippen molar-refractivity contribution in [3.05, 3.63) is 0 Å². The molecule has 0 aromatic carbocycles. The molecule has 0 aliphatic rings. The third-order valence-corrected chi connectivity index (χ3v) is 1.01. The molecule has 0 aromatic heterocycles. The summed E-state index contributed by atoms with van der Waals surface area (Å²) in [5.41, 5.74) is 6.27. The maximum atomic E-state index is 10.7. The van der Waals surface area contributed by atoms with Crippen molar-refractivity contribution >= 4 is 18.3 Å². The van der Waals surface area contributed by atoms with Gasteiger partial charge in [0.15, 0.2) is 0 Å². The van der Waals surface area contributed by atoms with Crippen molar-refractivity contribution in [1.82, 2.24) is 5.64 Å². The number of hydrogen-bond donors (Lipinski definition) is 4. The predicted octanol–water partition coefficient (Wildman–Crippen LogP) is -1.75. The van der Waals surface area contributed by atoms with E-state index in [9.17, 15) is 9.59 Å². The van der Waals surface area contributed by atoms with Crippen LogP contribution in [0.2, 0.25) is 0 Å². The van der Waals surface area contributed by atoms with Crippen LogP contribution in [0.3, 0.4) is 0 Å². The number of aliphatic carboxylic acids is 1. The standard InChI is InChI=1S/C5H9N3O5/c6-3(5(10)11)1-4(9)7-2-13-8-12/h2-3,8,12H,1,6H2,(H,10,11)/b7-2-.